The number of thiophene rings is 1. The highest BCUT2D eigenvalue weighted by Gasteiger charge is 2.44. The summed E-state index contributed by atoms with van der Waals surface area (Å²) in [6, 6.07) is 3.25. The Morgan fingerprint density at radius 2 is 0.816 bits per heavy atom. The van der Waals surface area contributed by atoms with Crippen molar-refractivity contribution in [1.82, 2.24) is 79.8 Å². The van der Waals surface area contributed by atoms with E-state index in [1.54, 1.807) is 71.2 Å². The maximum absolute atomic E-state index is 15.6. The number of nitrogens with two attached hydrogens (primary N) is 4. The molecule has 40 heteroatoms. The molecule has 0 aliphatic carbocycles. The zero-order valence-corrected chi connectivity index (χ0v) is 68.5. The summed E-state index contributed by atoms with van der Waals surface area (Å²) in [5, 5.41) is 95.5. The first-order valence-electron chi connectivity index (χ1n) is 37.1. The van der Waals surface area contributed by atoms with E-state index in [0.29, 0.717) is 16.5 Å². The van der Waals surface area contributed by atoms with Crippen molar-refractivity contribution in [2.75, 3.05) is 31.9 Å². The first-order valence-corrected chi connectivity index (χ1v) is 39.1. The van der Waals surface area contributed by atoms with Gasteiger partial charge < -0.3 is 113 Å². The molecule has 0 saturated heterocycles. The zero-order valence-electron chi connectivity index (χ0n) is 65.9. The Balaban J connectivity index is 1.81. The largest absolute Gasteiger partial charge is 0.480 e. The van der Waals surface area contributed by atoms with E-state index in [1.807, 2.05) is 42.5 Å². The van der Waals surface area contributed by atoms with Crippen LogP contribution in [0.4, 0.5) is 0 Å². The standard InChI is InChI=1S/C74H115N23O14S3/c1-38(98)53(64(107)91-48(25-18-32-86-71(81)82)60(103)97-56(67(110)111)73(6,7)8)94-65(108)54(72(3,4)5)95-66(109)55(74(9,10)113)96-62(105)50(35-43-37-114-52-26-14-13-21-44(43)52)93-61(104)49(34-40-27-28-41-19-11-12-20-42(41)33-40)92-59(102)47(24-17-31-85-70(79)80)89-57(100)45(22-15-29-83-68(75)76)88-58(101)46(23-16-30-84-69(77)78)90-63(106)51(36-112)87-39(2)99/h11-14,19-21,26-28,33,37-38,45-51,53-56,98,112-113H,15-18,22-25,29-32,34-36H2,1-10H3,(H,87,99)(H,88,101)(H,89,100)(H,90,106)(H,91,107)(H,92,102)(H,93,104)(H,94,108)(H,95,109)(H,96,105)(H,97,103)(H,110,111)(H4,75,76,83)(H4,77,78,84)(H4,79,80,85)(H4,81,82,86)/t38-,45+,46-,47+,48+,49+,50+,51+,53+,54-,55-,56-/m1/s1. The second-order valence-electron chi connectivity index (χ2n) is 30.4. The van der Waals surface area contributed by atoms with E-state index in [0.717, 1.165) is 15.5 Å². The third-order valence-corrected chi connectivity index (χ3v) is 19.6. The van der Waals surface area contributed by atoms with E-state index in [1.165, 1.54) is 39.0 Å². The average molecular weight is 1650 g/mol. The van der Waals surface area contributed by atoms with Crippen molar-refractivity contribution in [2.45, 2.75) is 211 Å². The number of benzene rings is 3. The maximum atomic E-state index is 15.6. The summed E-state index contributed by atoms with van der Waals surface area (Å²) in [5.74, 6) is -13.1. The number of carboxylic acid groups (broad SMARTS) is 1. The fraction of sp³-hybridized carbons (Fsp3) is 0.541. The van der Waals surface area contributed by atoms with Crippen LogP contribution in [0.5, 0.6) is 0 Å². The number of aliphatic hydroxyl groups is 1. The van der Waals surface area contributed by atoms with Gasteiger partial charge in [-0.2, -0.15) is 25.3 Å². The number of carbonyl (C=O) groups excluding carboxylic acids is 11. The van der Waals surface area contributed by atoms with E-state index < -0.39 is 171 Å². The number of hydrogen-bond acceptors (Lipinski definition) is 20. The first kappa shape index (κ1) is 95.6. The van der Waals surface area contributed by atoms with Crippen LogP contribution in [0.2, 0.25) is 0 Å². The number of fused-ring (bicyclic) bond motifs is 2. The van der Waals surface area contributed by atoms with E-state index in [-0.39, 0.29) is 108 Å². The Morgan fingerprint density at radius 1 is 0.447 bits per heavy atom. The Hall–Kier alpha value is -10.7. The number of hydrogen-bond donors (Lipinski definition) is 27. The first-order chi connectivity index (χ1) is 53.3. The van der Waals surface area contributed by atoms with Gasteiger partial charge in [-0.05, 0) is 122 Å². The molecule has 0 bridgehead atoms. The molecule has 114 heavy (non-hydrogen) atoms. The number of aliphatic hydroxyl groups excluding tert-OH is 1. The molecule has 4 aromatic rings. The van der Waals surface area contributed by atoms with E-state index in [4.69, 9.17) is 57.2 Å². The third-order valence-electron chi connectivity index (χ3n) is 18.0. The Labute approximate surface area is 677 Å². The molecule has 4 rings (SSSR count). The molecule has 12 atom stereocenters. The number of thiol groups is 2. The van der Waals surface area contributed by atoms with Crippen LogP contribution in [0, 0.1) is 32.5 Å². The number of rotatable bonds is 45. The second kappa shape index (κ2) is 45.2. The number of amides is 11. The van der Waals surface area contributed by atoms with Crippen molar-refractivity contribution >= 4 is 152 Å². The van der Waals surface area contributed by atoms with E-state index >= 15 is 19.2 Å². The maximum Gasteiger partial charge on any atom is 0.326 e. The van der Waals surface area contributed by atoms with Crippen LogP contribution in [0.15, 0.2) is 72.1 Å². The topological polar surface area (TPSA) is 625 Å². The average Bonchev–Trinajstić information content (AvgIpc) is 1.55. The number of carboxylic acids is 1. The van der Waals surface area contributed by atoms with Gasteiger partial charge in [-0.3, -0.25) is 74.4 Å². The van der Waals surface area contributed by atoms with Gasteiger partial charge in [0.25, 0.3) is 0 Å². The Bertz CT molecular complexity index is 4070. The SMILES string of the molecule is CC(=O)N[C@@H](CS)C(=O)N[C@H](CCCNC(=N)N)C(=O)N[C@@H](CCCNC(=N)N)C(=O)N[C@@H](CCCNC(=N)N)C(=O)N[C@@H](Cc1ccc2ccccc2c1)C(=O)N[C@@H](Cc1csc2ccccc12)C(=O)N[C@H](C(=O)N[C@H](C(=O)N[C@H](C(=O)N[C@@H](CCCNC(=N)N)C(=O)N[C@H](C(=O)O)C(C)(C)C)[C@@H](C)O)C(C)(C)C)C(C)(C)S. The van der Waals surface area contributed by atoms with Crippen LogP contribution in [-0.4, -0.2) is 214 Å². The Kier molecular flexibility index (Phi) is 37.9. The van der Waals surface area contributed by atoms with Gasteiger partial charge in [0.1, 0.15) is 66.5 Å². The lowest BCUT2D eigenvalue weighted by Crippen LogP contribution is -2.65. The van der Waals surface area contributed by atoms with Crippen molar-refractivity contribution in [3.63, 3.8) is 0 Å². The summed E-state index contributed by atoms with van der Waals surface area (Å²) in [4.78, 5) is 172. The molecule has 0 radical (unpaired) electrons. The van der Waals surface area contributed by atoms with Gasteiger partial charge in [0.05, 0.1) is 6.10 Å². The summed E-state index contributed by atoms with van der Waals surface area (Å²) < 4.78 is -0.681. The predicted octanol–water partition coefficient (Wildman–Crippen LogP) is -1.56. The molecule has 0 unspecified atom stereocenters. The van der Waals surface area contributed by atoms with Gasteiger partial charge in [0.2, 0.25) is 65.0 Å². The van der Waals surface area contributed by atoms with Gasteiger partial charge in [-0.25, -0.2) is 4.79 Å². The summed E-state index contributed by atoms with van der Waals surface area (Å²) >= 11 is 10.3. The van der Waals surface area contributed by atoms with Crippen LogP contribution < -0.4 is 103 Å². The van der Waals surface area contributed by atoms with Gasteiger partial charge in [0, 0.05) is 61.1 Å². The molecule has 1 heterocycles. The van der Waals surface area contributed by atoms with Gasteiger partial charge in [-0.1, -0.05) is 102 Å². The molecule has 11 amide bonds. The van der Waals surface area contributed by atoms with Crippen molar-refractivity contribution < 1.29 is 67.7 Å². The molecular weight excluding hydrogens is 1530 g/mol. The number of carbonyl (C=O) groups is 12. The van der Waals surface area contributed by atoms with Crippen molar-refractivity contribution in [3.05, 3.63) is 83.2 Å². The van der Waals surface area contributed by atoms with E-state index in [2.05, 4.69) is 92.4 Å². The fourth-order valence-corrected chi connectivity index (χ4v) is 13.3. The minimum absolute atomic E-state index is 0.00656. The molecule has 0 fully saturated rings. The molecule has 0 aliphatic heterocycles. The third kappa shape index (κ3) is 32.4. The van der Waals surface area contributed by atoms with Crippen molar-refractivity contribution in [2.24, 2.45) is 33.8 Å². The summed E-state index contributed by atoms with van der Waals surface area (Å²) in [5.41, 5.74) is 21.0. The molecule has 628 valence electrons. The van der Waals surface area contributed by atoms with E-state index in [9.17, 15) is 48.6 Å². The molecule has 37 nitrogen and oxygen atoms in total. The van der Waals surface area contributed by atoms with Gasteiger partial charge >= 0.3 is 5.97 Å². The minimum atomic E-state index is -1.81. The lowest BCUT2D eigenvalue weighted by molar-refractivity contribution is -0.145. The monoisotopic (exact) mass is 1650 g/mol. The molecular formula is C74H115N23O14S3. The highest BCUT2D eigenvalue weighted by molar-refractivity contribution is 7.81. The normalized spacial score (nSPS) is 14.7. The van der Waals surface area contributed by atoms with Crippen LogP contribution in [0.1, 0.15) is 132 Å². The summed E-state index contributed by atoms with van der Waals surface area (Å²) in [6.07, 6.45) is -2.32. The molecule has 0 aliphatic rings. The van der Waals surface area contributed by atoms with Crippen molar-refractivity contribution in [1.29, 1.82) is 21.6 Å². The summed E-state index contributed by atoms with van der Waals surface area (Å²) in [6.45, 7) is 15.1. The summed E-state index contributed by atoms with van der Waals surface area (Å²) in [7, 11) is 0. The second-order valence-corrected chi connectivity index (χ2v) is 32.8. The molecule has 1 aromatic heterocycles. The zero-order chi connectivity index (χ0) is 85.5. The predicted molar refractivity (Wildman–Crippen MR) is 442 cm³/mol. The Morgan fingerprint density at radius 3 is 1.24 bits per heavy atom. The molecule has 0 spiro atoms. The molecule has 0 saturated carbocycles. The van der Waals surface area contributed by atoms with Gasteiger partial charge in [-0.15, -0.1) is 11.3 Å². The highest BCUT2D eigenvalue weighted by atomic mass is 32.1. The quantitative estimate of drug-likeness (QED) is 0.0103. The molecule has 29 N–H and O–H groups in total. The van der Waals surface area contributed by atoms with Crippen LogP contribution >= 0.6 is 36.6 Å². The van der Waals surface area contributed by atoms with Gasteiger partial charge in [0.15, 0.2) is 23.8 Å². The lowest BCUT2D eigenvalue weighted by Gasteiger charge is -2.36. The van der Waals surface area contributed by atoms with Crippen molar-refractivity contribution in [3.8, 4) is 0 Å². The highest BCUT2D eigenvalue weighted by Crippen LogP contribution is 2.29. The van der Waals surface area contributed by atoms with Crippen LogP contribution in [0.3, 0.4) is 0 Å². The minimum Gasteiger partial charge on any atom is -0.480 e. The molecule has 3 aromatic carbocycles. The lowest BCUT2D eigenvalue weighted by atomic mass is 9.85. The number of guanidine groups is 4. The fourth-order valence-electron chi connectivity index (χ4n) is 11.9. The van der Waals surface area contributed by atoms with Crippen LogP contribution in [-0.2, 0) is 70.4 Å². The number of aliphatic carboxylic acids is 1. The smallest absolute Gasteiger partial charge is 0.326 e. The van der Waals surface area contributed by atoms with Crippen LogP contribution in [0.25, 0.3) is 20.9 Å². The number of nitrogens with one attached hydrogen (secondary N) is 19.